The van der Waals surface area contributed by atoms with E-state index in [1.165, 1.54) is 16.8 Å². The van der Waals surface area contributed by atoms with Crippen LogP contribution in [0.1, 0.15) is 16.2 Å². The highest BCUT2D eigenvalue weighted by Crippen LogP contribution is 2.23. The molecule has 25 heavy (non-hydrogen) atoms. The van der Waals surface area contributed by atoms with E-state index < -0.39 is 15.7 Å². The van der Waals surface area contributed by atoms with Crippen LogP contribution in [0.4, 0.5) is 6.01 Å². The minimum Gasteiger partial charge on any atom is -0.403 e. The lowest BCUT2D eigenvalue weighted by Crippen LogP contribution is -2.16. The molecular formula is C15H15N5O4S. The second-order valence-electron chi connectivity index (χ2n) is 5.46. The molecule has 0 unspecified atom stereocenters. The molecule has 1 amide bonds. The van der Waals surface area contributed by atoms with Gasteiger partial charge in [0.15, 0.2) is 9.84 Å². The number of aryl methyl sites for hydroxylation is 2. The summed E-state index contributed by atoms with van der Waals surface area (Å²) < 4.78 is 30.1. The number of aromatic nitrogens is 4. The number of benzene rings is 1. The highest BCUT2D eigenvalue weighted by molar-refractivity contribution is 7.90. The summed E-state index contributed by atoms with van der Waals surface area (Å²) in [5, 5.41) is 14.2. The van der Waals surface area contributed by atoms with Crippen LogP contribution in [-0.4, -0.2) is 40.6 Å². The smallest absolute Gasteiger partial charge is 0.322 e. The molecule has 0 aliphatic carbocycles. The third-order valence-corrected chi connectivity index (χ3v) is 4.50. The third kappa shape index (κ3) is 3.58. The average Bonchev–Trinajstić information content (AvgIpc) is 3.13. The van der Waals surface area contributed by atoms with Crippen LogP contribution >= 0.6 is 0 Å². The maximum atomic E-state index is 12.2. The largest absolute Gasteiger partial charge is 0.403 e. The highest BCUT2D eigenvalue weighted by atomic mass is 32.2. The molecule has 0 aliphatic rings. The Hall–Kier alpha value is -3.01. The topological polar surface area (TPSA) is 120 Å². The van der Waals surface area contributed by atoms with Gasteiger partial charge in [-0.2, -0.15) is 5.10 Å². The molecule has 10 heteroatoms. The van der Waals surface area contributed by atoms with Crippen molar-refractivity contribution in [3.8, 4) is 11.5 Å². The van der Waals surface area contributed by atoms with Gasteiger partial charge in [-0.05, 0) is 31.2 Å². The van der Waals surface area contributed by atoms with Crippen LogP contribution in [0, 0.1) is 6.92 Å². The summed E-state index contributed by atoms with van der Waals surface area (Å²) in [4.78, 5) is 12.3. The number of nitrogens with one attached hydrogen (secondary N) is 1. The van der Waals surface area contributed by atoms with E-state index in [0.29, 0.717) is 17.0 Å². The van der Waals surface area contributed by atoms with Gasteiger partial charge in [-0.15, -0.1) is 5.10 Å². The Morgan fingerprint density at radius 3 is 2.64 bits per heavy atom. The Labute approximate surface area is 143 Å². The molecule has 3 aromatic rings. The number of hydrogen-bond acceptors (Lipinski definition) is 7. The zero-order valence-corrected chi connectivity index (χ0v) is 14.5. The van der Waals surface area contributed by atoms with Crippen LogP contribution in [0.25, 0.3) is 11.5 Å². The van der Waals surface area contributed by atoms with Gasteiger partial charge in [0, 0.05) is 18.9 Å². The van der Waals surface area contributed by atoms with Crippen molar-refractivity contribution in [2.24, 2.45) is 7.05 Å². The summed E-state index contributed by atoms with van der Waals surface area (Å²) in [5.41, 5.74) is 1.49. The van der Waals surface area contributed by atoms with Crippen molar-refractivity contribution in [1.29, 1.82) is 0 Å². The summed E-state index contributed by atoms with van der Waals surface area (Å²) in [6.07, 6.45) is 1.11. The van der Waals surface area contributed by atoms with Gasteiger partial charge in [0.1, 0.15) is 5.69 Å². The van der Waals surface area contributed by atoms with E-state index in [2.05, 4.69) is 20.6 Å². The highest BCUT2D eigenvalue weighted by Gasteiger charge is 2.17. The molecule has 0 aliphatic heterocycles. The fraction of sp³-hybridized carbons (Fsp3) is 0.200. The standard InChI is InChI=1S/C15H15N5O4S/c1-9-7-12(20(2)19-9)13(21)16-15-18-17-14(24-15)10-5-4-6-11(8-10)25(3,22)23/h4-8H,1-3H3,(H,16,18,21). The number of anilines is 1. The van der Waals surface area contributed by atoms with Crippen LogP contribution < -0.4 is 5.32 Å². The molecular weight excluding hydrogens is 346 g/mol. The van der Waals surface area contributed by atoms with Gasteiger partial charge in [0.05, 0.1) is 10.6 Å². The lowest BCUT2D eigenvalue weighted by atomic mass is 10.2. The van der Waals surface area contributed by atoms with E-state index in [0.717, 1.165) is 6.26 Å². The minimum atomic E-state index is -3.35. The molecule has 0 saturated carbocycles. The minimum absolute atomic E-state index is 0.0939. The Morgan fingerprint density at radius 2 is 2.00 bits per heavy atom. The second-order valence-corrected chi connectivity index (χ2v) is 7.48. The van der Waals surface area contributed by atoms with Crippen LogP contribution in [0.5, 0.6) is 0 Å². The molecule has 2 aromatic heterocycles. The van der Waals surface area contributed by atoms with Crippen molar-refractivity contribution in [1.82, 2.24) is 20.0 Å². The molecule has 2 heterocycles. The zero-order valence-electron chi connectivity index (χ0n) is 13.7. The number of rotatable bonds is 4. The molecule has 0 saturated heterocycles. The first-order valence-corrected chi connectivity index (χ1v) is 9.09. The fourth-order valence-electron chi connectivity index (χ4n) is 2.23. The van der Waals surface area contributed by atoms with Crippen molar-refractivity contribution < 1.29 is 17.6 Å². The maximum Gasteiger partial charge on any atom is 0.322 e. The Balaban J connectivity index is 1.83. The quantitative estimate of drug-likeness (QED) is 0.746. The SMILES string of the molecule is Cc1cc(C(=O)Nc2nnc(-c3cccc(S(C)(=O)=O)c3)o2)n(C)n1. The van der Waals surface area contributed by atoms with E-state index in [-0.39, 0.29) is 16.8 Å². The van der Waals surface area contributed by atoms with Crippen molar-refractivity contribution >= 4 is 21.8 Å². The van der Waals surface area contributed by atoms with Crippen LogP contribution in [0.2, 0.25) is 0 Å². The number of carbonyl (C=O) groups is 1. The Kier molecular flexibility index (Phi) is 4.13. The molecule has 130 valence electrons. The molecule has 0 fully saturated rings. The van der Waals surface area contributed by atoms with Gasteiger partial charge in [-0.25, -0.2) is 8.42 Å². The van der Waals surface area contributed by atoms with E-state index in [1.807, 2.05) is 0 Å². The van der Waals surface area contributed by atoms with E-state index in [4.69, 9.17) is 4.42 Å². The summed E-state index contributed by atoms with van der Waals surface area (Å²) in [7, 11) is -1.70. The van der Waals surface area contributed by atoms with E-state index >= 15 is 0 Å². The van der Waals surface area contributed by atoms with Gasteiger partial charge in [0.25, 0.3) is 5.91 Å². The lowest BCUT2D eigenvalue weighted by Gasteiger charge is -2.01. The molecule has 0 bridgehead atoms. The maximum absolute atomic E-state index is 12.2. The first kappa shape index (κ1) is 16.8. The molecule has 3 rings (SSSR count). The third-order valence-electron chi connectivity index (χ3n) is 3.39. The monoisotopic (exact) mass is 361 g/mol. The van der Waals surface area contributed by atoms with Gasteiger partial charge in [0.2, 0.25) is 5.89 Å². The van der Waals surface area contributed by atoms with Gasteiger partial charge < -0.3 is 4.42 Å². The summed E-state index contributed by atoms with van der Waals surface area (Å²) in [5.74, 6) is -0.342. The number of carbonyl (C=O) groups excluding carboxylic acids is 1. The molecule has 0 atom stereocenters. The zero-order chi connectivity index (χ0) is 18.2. The predicted octanol–water partition coefficient (Wildman–Crippen LogP) is 1.43. The molecule has 1 N–H and O–H groups in total. The van der Waals surface area contributed by atoms with Crippen molar-refractivity contribution in [3.05, 3.63) is 41.7 Å². The number of sulfone groups is 1. The van der Waals surface area contributed by atoms with E-state index in [9.17, 15) is 13.2 Å². The average molecular weight is 361 g/mol. The van der Waals surface area contributed by atoms with Crippen molar-refractivity contribution in [3.63, 3.8) is 0 Å². The van der Waals surface area contributed by atoms with Crippen LogP contribution in [0.15, 0.2) is 39.6 Å². The molecule has 1 aromatic carbocycles. The van der Waals surface area contributed by atoms with Crippen molar-refractivity contribution in [2.75, 3.05) is 11.6 Å². The van der Waals surface area contributed by atoms with Gasteiger partial charge >= 0.3 is 6.01 Å². The van der Waals surface area contributed by atoms with Gasteiger partial charge in [-0.1, -0.05) is 11.2 Å². The number of nitrogens with zero attached hydrogens (tertiary/aromatic N) is 4. The fourth-order valence-corrected chi connectivity index (χ4v) is 2.90. The Bertz CT molecular complexity index is 1050. The number of hydrogen-bond donors (Lipinski definition) is 1. The predicted molar refractivity (Wildman–Crippen MR) is 88.7 cm³/mol. The van der Waals surface area contributed by atoms with Crippen LogP contribution in [0.3, 0.4) is 0 Å². The molecule has 0 spiro atoms. The molecule has 9 nitrogen and oxygen atoms in total. The second kappa shape index (κ2) is 6.13. The Morgan fingerprint density at radius 1 is 1.24 bits per heavy atom. The normalized spacial score (nSPS) is 11.5. The summed E-state index contributed by atoms with van der Waals surface area (Å²) in [6.45, 7) is 1.77. The van der Waals surface area contributed by atoms with Gasteiger partial charge in [-0.3, -0.25) is 14.8 Å². The molecule has 0 radical (unpaired) electrons. The van der Waals surface area contributed by atoms with E-state index in [1.54, 1.807) is 32.2 Å². The lowest BCUT2D eigenvalue weighted by molar-refractivity contribution is 0.101. The summed E-state index contributed by atoms with van der Waals surface area (Å²) in [6, 6.07) is 7.65. The number of amides is 1. The first-order chi connectivity index (χ1) is 11.7. The van der Waals surface area contributed by atoms with Crippen molar-refractivity contribution in [2.45, 2.75) is 11.8 Å². The first-order valence-electron chi connectivity index (χ1n) is 7.20. The van der Waals surface area contributed by atoms with Crippen LogP contribution in [-0.2, 0) is 16.9 Å². The summed E-state index contributed by atoms with van der Waals surface area (Å²) >= 11 is 0.